The fourth-order valence-corrected chi connectivity index (χ4v) is 6.03. The molecule has 38 heavy (non-hydrogen) atoms. The van der Waals surface area contributed by atoms with Crippen molar-refractivity contribution in [2.24, 2.45) is 0 Å². The summed E-state index contributed by atoms with van der Waals surface area (Å²) in [5.74, 6) is -1.37. The molecule has 0 spiro atoms. The van der Waals surface area contributed by atoms with Crippen molar-refractivity contribution in [3.05, 3.63) is 96.3 Å². The second-order valence-corrected chi connectivity index (χ2v) is 11.3. The Kier molecular flexibility index (Phi) is 8.78. The van der Waals surface area contributed by atoms with Crippen LogP contribution < -0.4 is 9.62 Å². The molecule has 0 aliphatic heterocycles. The molecule has 1 aliphatic carbocycles. The average Bonchev–Trinajstić information content (AvgIpc) is 3.44. The van der Waals surface area contributed by atoms with Crippen LogP contribution in [0.3, 0.4) is 0 Å². The van der Waals surface area contributed by atoms with Crippen LogP contribution in [0, 0.1) is 5.82 Å². The monoisotopic (exact) mass is 537 g/mol. The van der Waals surface area contributed by atoms with Crippen molar-refractivity contribution in [3.8, 4) is 0 Å². The smallest absolute Gasteiger partial charge is 0.264 e. The van der Waals surface area contributed by atoms with Crippen LogP contribution in [0.2, 0.25) is 0 Å². The van der Waals surface area contributed by atoms with Crippen LogP contribution in [-0.4, -0.2) is 43.8 Å². The Balaban J connectivity index is 1.65. The van der Waals surface area contributed by atoms with E-state index in [0.717, 1.165) is 47.7 Å². The summed E-state index contributed by atoms with van der Waals surface area (Å²) in [6.07, 6.45) is 3.92. The van der Waals surface area contributed by atoms with E-state index in [9.17, 15) is 22.4 Å². The number of nitrogens with zero attached hydrogens (tertiary/aromatic N) is 2. The molecule has 3 aromatic carbocycles. The van der Waals surface area contributed by atoms with E-state index in [4.69, 9.17) is 0 Å². The van der Waals surface area contributed by atoms with Crippen molar-refractivity contribution in [1.29, 1.82) is 0 Å². The number of nitrogens with one attached hydrogen (secondary N) is 1. The van der Waals surface area contributed by atoms with Crippen LogP contribution in [0.4, 0.5) is 10.1 Å². The molecule has 1 aliphatic rings. The largest absolute Gasteiger partial charge is 0.352 e. The van der Waals surface area contributed by atoms with Crippen molar-refractivity contribution in [2.45, 2.75) is 56.1 Å². The molecule has 4 rings (SSSR count). The summed E-state index contributed by atoms with van der Waals surface area (Å²) in [6, 6.07) is 21.2. The Morgan fingerprint density at radius 3 is 2.11 bits per heavy atom. The molecule has 0 unspecified atom stereocenters. The van der Waals surface area contributed by atoms with Gasteiger partial charge in [0, 0.05) is 12.6 Å². The van der Waals surface area contributed by atoms with Gasteiger partial charge in [0.25, 0.3) is 10.0 Å². The first kappa shape index (κ1) is 27.3. The summed E-state index contributed by atoms with van der Waals surface area (Å²) < 4.78 is 41.8. The molecule has 9 heteroatoms. The zero-order valence-electron chi connectivity index (χ0n) is 21.3. The summed E-state index contributed by atoms with van der Waals surface area (Å²) in [7, 11) is -4.22. The minimum absolute atomic E-state index is 0.0818. The lowest BCUT2D eigenvalue weighted by molar-refractivity contribution is -0.139. The lowest BCUT2D eigenvalue weighted by atomic mass is 10.1. The molecule has 0 radical (unpaired) electrons. The fraction of sp³-hybridized carbons (Fsp3) is 0.310. The normalized spacial score (nSPS) is 14.6. The number of anilines is 1. The van der Waals surface area contributed by atoms with Crippen LogP contribution in [0.25, 0.3) is 0 Å². The molecule has 0 aromatic heterocycles. The maximum absolute atomic E-state index is 13.8. The van der Waals surface area contributed by atoms with Gasteiger partial charge in [-0.3, -0.25) is 13.9 Å². The lowest BCUT2D eigenvalue weighted by Crippen LogP contribution is -2.52. The third kappa shape index (κ3) is 6.58. The van der Waals surface area contributed by atoms with Crippen molar-refractivity contribution >= 4 is 27.5 Å². The highest BCUT2D eigenvalue weighted by Crippen LogP contribution is 2.25. The molecule has 1 atom stereocenters. The molecule has 1 N–H and O–H groups in total. The number of carbonyl (C=O) groups is 2. The molecule has 1 fully saturated rings. The molecule has 200 valence electrons. The number of benzene rings is 3. The van der Waals surface area contributed by atoms with Gasteiger partial charge in [0.05, 0.1) is 10.6 Å². The number of amides is 2. The van der Waals surface area contributed by atoms with Crippen LogP contribution in [0.1, 0.15) is 38.2 Å². The molecular weight excluding hydrogens is 505 g/mol. The first-order chi connectivity index (χ1) is 18.3. The summed E-state index contributed by atoms with van der Waals surface area (Å²) in [5.41, 5.74) is 1.10. The highest BCUT2D eigenvalue weighted by Gasteiger charge is 2.33. The van der Waals surface area contributed by atoms with Gasteiger partial charge in [0.15, 0.2) is 0 Å². The molecule has 3 aromatic rings. The minimum atomic E-state index is -4.22. The Morgan fingerprint density at radius 2 is 1.50 bits per heavy atom. The highest BCUT2D eigenvalue weighted by molar-refractivity contribution is 7.92. The second kappa shape index (κ2) is 12.2. The number of hydrogen-bond donors (Lipinski definition) is 1. The highest BCUT2D eigenvalue weighted by atomic mass is 32.2. The van der Waals surface area contributed by atoms with Gasteiger partial charge in [0.1, 0.15) is 18.4 Å². The number of sulfonamides is 1. The molecule has 2 amide bonds. The Labute approximate surface area is 223 Å². The molecule has 1 saturated carbocycles. The molecule has 0 heterocycles. The summed E-state index contributed by atoms with van der Waals surface area (Å²) in [6.45, 7) is 1.27. The van der Waals surface area contributed by atoms with Gasteiger partial charge in [0.2, 0.25) is 11.8 Å². The van der Waals surface area contributed by atoms with Crippen LogP contribution in [0.15, 0.2) is 89.8 Å². The fourth-order valence-electron chi connectivity index (χ4n) is 4.61. The summed E-state index contributed by atoms with van der Waals surface area (Å²) in [4.78, 5) is 28.3. The number of carbonyl (C=O) groups excluding carboxylic acids is 2. The van der Waals surface area contributed by atoms with Crippen molar-refractivity contribution in [1.82, 2.24) is 10.2 Å². The van der Waals surface area contributed by atoms with Gasteiger partial charge in [-0.2, -0.15) is 0 Å². The third-order valence-corrected chi connectivity index (χ3v) is 8.58. The zero-order valence-corrected chi connectivity index (χ0v) is 22.1. The summed E-state index contributed by atoms with van der Waals surface area (Å²) >= 11 is 0. The van der Waals surface area contributed by atoms with Gasteiger partial charge in [-0.25, -0.2) is 12.8 Å². The van der Waals surface area contributed by atoms with E-state index in [-0.39, 0.29) is 29.1 Å². The maximum Gasteiger partial charge on any atom is 0.264 e. The molecule has 0 bridgehead atoms. The van der Waals surface area contributed by atoms with Crippen LogP contribution in [0.5, 0.6) is 0 Å². The van der Waals surface area contributed by atoms with Gasteiger partial charge in [-0.15, -0.1) is 0 Å². The SMILES string of the molecule is C[C@@H](C(=O)NC1CCCC1)N(Cc1ccccc1)C(=O)CN(c1ccccc1)S(=O)(=O)c1ccc(F)cc1. The van der Waals surface area contributed by atoms with Gasteiger partial charge < -0.3 is 10.2 Å². The van der Waals surface area contributed by atoms with Gasteiger partial charge in [-0.1, -0.05) is 61.4 Å². The predicted molar refractivity (Wildman–Crippen MR) is 144 cm³/mol. The van der Waals surface area contributed by atoms with Gasteiger partial charge >= 0.3 is 0 Å². The van der Waals surface area contributed by atoms with Crippen molar-refractivity contribution < 1.29 is 22.4 Å². The maximum atomic E-state index is 13.8. The van der Waals surface area contributed by atoms with E-state index in [0.29, 0.717) is 0 Å². The molecule has 7 nitrogen and oxygen atoms in total. The number of para-hydroxylation sites is 1. The third-order valence-electron chi connectivity index (χ3n) is 6.79. The first-order valence-electron chi connectivity index (χ1n) is 12.7. The van der Waals surface area contributed by atoms with E-state index in [1.54, 1.807) is 37.3 Å². The van der Waals surface area contributed by atoms with E-state index in [1.807, 2.05) is 30.3 Å². The number of hydrogen-bond acceptors (Lipinski definition) is 4. The Morgan fingerprint density at radius 1 is 0.921 bits per heavy atom. The van der Waals surface area contributed by atoms with Crippen molar-refractivity contribution in [2.75, 3.05) is 10.8 Å². The second-order valence-electron chi connectivity index (χ2n) is 9.47. The predicted octanol–water partition coefficient (Wildman–Crippen LogP) is 4.50. The van der Waals surface area contributed by atoms with E-state index >= 15 is 0 Å². The van der Waals surface area contributed by atoms with E-state index in [1.165, 1.54) is 17.0 Å². The minimum Gasteiger partial charge on any atom is -0.352 e. The first-order valence-corrected chi connectivity index (χ1v) is 14.2. The summed E-state index contributed by atoms with van der Waals surface area (Å²) in [5, 5.41) is 3.05. The molecular formula is C29H32FN3O4S. The Bertz CT molecular complexity index is 1330. The van der Waals surface area contributed by atoms with Crippen molar-refractivity contribution in [3.63, 3.8) is 0 Å². The van der Waals surface area contributed by atoms with Crippen LogP contribution >= 0.6 is 0 Å². The van der Waals surface area contributed by atoms with E-state index < -0.39 is 34.3 Å². The number of halogens is 1. The average molecular weight is 538 g/mol. The zero-order chi connectivity index (χ0) is 27.1. The Hall–Kier alpha value is -3.72. The quantitative estimate of drug-likeness (QED) is 0.413. The standard InChI is InChI=1S/C29H32FN3O4S/c1-22(29(35)31-25-12-8-9-13-25)32(20-23-10-4-2-5-11-23)28(34)21-33(26-14-6-3-7-15-26)38(36,37)27-18-16-24(30)17-19-27/h2-7,10-11,14-19,22,25H,8-9,12-13,20-21H2,1H3,(H,31,35)/t22-/m0/s1. The lowest BCUT2D eigenvalue weighted by Gasteiger charge is -2.32. The molecule has 0 saturated heterocycles. The van der Waals surface area contributed by atoms with E-state index in [2.05, 4.69) is 5.32 Å². The van der Waals surface area contributed by atoms with Crippen LogP contribution in [-0.2, 0) is 26.2 Å². The number of rotatable bonds is 10. The topological polar surface area (TPSA) is 86.8 Å². The van der Waals surface area contributed by atoms with Gasteiger partial charge in [-0.05, 0) is 61.7 Å².